The summed E-state index contributed by atoms with van der Waals surface area (Å²) in [6.07, 6.45) is -3.62. The van der Waals surface area contributed by atoms with Crippen molar-refractivity contribution in [2.24, 2.45) is 0 Å². The number of halogens is 4. The van der Waals surface area contributed by atoms with Crippen LogP contribution in [0.2, 0.25) is 0 Å². The predicted octanol–water partition coefficient (Wildman–Crippen LogP) is 4.46. The number of pyridine rings is 1. The number of rotatable bonds is 3. The fourth-order valence-electron chi connectivity index (χ4n) is 3.29. The molecule has 3 heterocycles. The Hall–Kier alpha value is -3.36. The summed E-state index contributed by atoms with van der Waals surface area (Å²) in [5.41, 5.74) is -0.529. The molecule has 0 N–H and O–H groups in total. The van der Waals surface area contributed by atoms with Gasteiger partial charge in [0.2, 0.25) is 0 Å². The van der Waals surface area contributed by atoms with E-state index in [0.717, 1.165) is 12.3 Å². The van der Waals surface area contributed by atoms with Gasteiger partial charge < -0.3 is 14.2 Å². The van der Waals surface area contributed by atoms with Crippen LogP contribution in [0, 0.1) is 5.82 Å². The van der Waals surface area contributed by atoms with E-state index >= 15 is 0 Å². The highest BCUT2D eigenvalue weighted by atomic mass is 19.4. The van der Waals surface area contributed by atoms with Crippen LogP contribution >= 0.6 is 0 Å². The summed E-state index contributed by atoms with van der Waals surface area (Å²) in [4.78, 5) is 20.0. The van der Waals surface area contributed by atoms with Crippen LogP contribution in [0.25, 0.3) is 11.3 Å². The van der Waals surface area contributed by atoms with E-state index in [2.05, 4.69) is 4.98 Å². The Morgan fingerprint density at radius 3 is 2.33 bits per heavy atom. The smallest absolute Gasteiger partial charge is 0.417 e. The lowest BCUT2D eigenvalue weighted by molar-refractivity contribution is -0.137. The van der Waals surface area contributed by atoms with E-state index in [1.807, 2.05) is 4.90 Å². The molecule has 2 aromatic heterocycles. The largest absolute Gasteiger partial charge is 0.451 e. The number of hydrogen-bond acceptors (Lipinski definition) is 4. The van der Waals surface area contributed by atoms with E-state index in [4.69, 9.17) is 4.42 Å². The average Bonchev–Trinajstić information content (AvgIpc) is 3.23. The number of aromatic nitrogens is 1. The molecule has 0 unspecified atom stereocenters. The summed E-state index contributed by atoms with van der Waals surface area (Å²) in [6, 6.07) is 11.5. The summed E-state index contributed by atoms with van der Waals surface area (Å²) in [5.74, 6) is 0.0365. The first-order valence-corrected chi connectivity index (χ1v) is 9.25. The van der Waals surface area contributed by atoms with Crippen molar-refractivity contribution in [2.45, 2.75) is 6.18 Å². The van der Waals surface area contributed by atoms with E-state index in [-0.39, 0.29) is 23.0 Å². The number of nitrogens with zero attached hydrogens (tertiary/aromatic N) is 3. The molecule has 0 bridgehead atoms. The average molecular weight is 419 g/mol. The van der Waals surface area contributed by atoms with Crippen LogP contribution in [0.3, 0.4) is 0 Å². The second kappa shape index (κ2) is 7.81. The van der Waals surface area contributed by atoms with Crippen LogP contribution < -0.4 is 4.90 Å². The molecule has 1 aliphatic rings. The molecule has 1 fully saturated rings. The van der Waals surface area contributed by atoms with Crippen molar-refractivity contribution >= 4 is 11.7 Å². The van der Waals surface area contributed by atoms with Gasteiger partial charge >= 0.3 is 6.18 Å². The Morgan fingerprint density at radius 2 is 1.70 bits per heavy atom. The zero-order chi connectivity index (χ0) is 21.3. The van der Waals surface area contributed by atoms with E-state index in [1.165, 1.54) is 18.2 Å². The first-order valence-electron chi connectivity index (χ1n) is 9.25. The molecule has 30 heavy (non-hydrogen) atoms. The molecule has 1 saturated heterocycles. The Bertz CT molecular complexity index is 1040. The Labute approximate surface area is 169 Å². The van der Waals surface area contributed by atoms with Crippen molar-refractivity contribution in [3.63, 3.8) is 0 Å². The molecular formula is C21H17F4N3O2. The molecule has 1 amide bonds. The molecule has 0 aliphatic carbocycles. The summed E-state index contributed by atoms with van der Waals surface area (Å²) in [6.45, 7) is 1.56. The minimum Gasteiger partial charge on any atom is -0.451 e. The Morgan fingerprint density at radius 1 is 0.967 bits per heavy atom. The maximum atomic E-state index is 13.9. The monoisotopic (exact) mass is 419 g/mol. The molecule has 1 aromatic carbocycles. The number of alkyl halides is 3. The van der Waals surface area contributed by atoms with Crippen molar-refractivity contribution in [2.75, 3.05) is 31.1 Å². The van der Waals surface area contributed by atoms with Gasteiger partial charge in [0.1, 0.15) is 17.4 Å². The molecule has 0 atom stereocenters. The first kappa shape index (κ1) is 19.9. The maximum Gasteiger partial charge on any atom is 0.417 e. The number of carbonyl (C=O) groups excluding carboxylic acids is 1. The lowest BCUT2D eigenvalue weighted by Gasteiger charge is -2.35. The third kappa shape index (κ3) is 4.00. The van der Waals surface area contributed by atoms with Crippen LogP contribution in [0.5, 0.6) is 0 Å². The number of furan rings is 1. The van der Waals surface area contributed by atoms with E-state index in [0.29, 0.717) is 32.0 Å². The molecule has 156 valence electrons. The molecule has 0 radical (unpaired) electrons. The van der Waals surface area contributed by atoms with Gasteiger partial charge in [0, 0.05) is 32.4 Å². The second-order valence-electron chi connectivity index (χ2n) is 6.83. The highest BCUT2D eigenvalue weighted by Gasteiger charge is 2.31. The lowest BCUT2D eigenvalue weighted by Crippen LogP contribution is -2.49. The van der Waals surface area contributed by atoms with Crippen molar-refractivity contribution in [1.82, 2.24) is 9.88 Å². The quantitative estimate of drug-likeness (QED) is 0.588. The van der Waals surface area contributed by atoms with Gasteiger partial charge in [0.25, 0.3) is 5.91 Å². The van der Waals surface area contributed by atoms with Gasteiger partial charge in [-0.05, 0) is 36.4 Å². The summed E-state index contributed by atoms with van der Waals surface area (Å²) >= 11 is 0. The van der Waals surface area contributed by atoms with Crippen LogP contribution in [-0.2, 0) is 6.18 Å². The van der Waals surface area contributed by atoms with Crippen LogP contribution in [0.4, 0.5) is 23.4 Å². The third-order valence-electron chi connectivity index (χ3n) is 4.92. The fraction of sp³-hybridized carbons (Fsp3) is 0.238. The molecular weight excluding hydrogens is 402 g/mol. The van der Waals surface area contributed by atoms with Gasteiger partial charge in [-0.25, -0.2) is 9.37 Å². The van der Waals surface area contributed by atoms with E-state index < -0.39 is 17.6 Å². The zero-order valence-electron chi connectivity index (χ0n) is 15.7. The molecule has 9 heteroatoms. The van der Waals surface area contributed by atoms with Gasteiger partial charge in [-0.1, -0.05) is 12.1 Å². The standard InChI is InChI=1S/C21H17F4N3O2/c22-16-4-2-1-3-15(16)17-6-7-18(30-17)20(29)28-11-9-27(10-12-28)19-8-5-14(13-26-19)21(23,24)25/h1-8,13H,9-12H2. The summed E-state index contributed by atoms with van der Waals surface area (Å²) in [5, 5.41) is 0. The number of piperazine rings is 1. The molecule has 1 aliphatic heterocycles. The molecule has 3 aromatic rings. The van der Waals surface area contributed by atoms with Crippen molar-refractivity contribution in [3.8, 4) is 11.3 Å². The van der Waals surface area contributed by atoms with E-state index in [1.54, 1.807) is 29.2 Å². The van der Waals surface area contributed by atoms with Crippen LogP contribution in [0.1, 0.15) is 16.1 Å². The number of anilines is 1. The minimum absolute atomic E-state index is 0.106. The van der Waals surface area contributed by atoms with Gasteiger partial charge in [-0.15, -0.1) is 0 Å². The first-order chi connectivity index (χ1) is 14.3. The number of benzene rings is 1. The molecule has 0 saturated carbocycles. The topological polar surface area (TPSA) is 49.6 Å². The number of carbonyl (C=O) groups is 1. The number of hydrogen-bond donors (Lipinski definition) is 0. The Balaban J connectivity index is 1.40. The van der Waals surface area contributed by atoms with Crippen molar-refractivity contribution < 1.29 is 26.8 Å². The van der Waals surface area contributed by atoms with Crippen molar-refractivity contribution in [3.05, 3.63) is 71.9 Å². The predicted molar refractivity (Wildman–Crippen MR) is 101 cm³/mol. The van der Waals surface area contributed by atoms with Gasteiger partial charge in [-0.3, -0.25) is 4.79 Å². The lowest BCUT2D eigenvalue weighted by atomic mass is 10.1. The highest BCUT2D eigenvalue weighted by Crippen LogP contribution is 2.30. The van der Waals surface area contributed by atoms with Gasteiger partial charge in [0.15, 0.2) is 5.76 Å². The highest BCUT2D eigenvalue weighted by molar-refractivity contribution is 5.92. The van der Waals surface area contributed by atoms with Crippen LogP contribution in [0.15, 0.2) is 59.1 Å². The number of amides is 1. The fourth-order valence-corrected chi connectivity index (χ4v) is 3.29. The molecule has 0 spiro atoms. The van der Waals surface area contributed by atoms with Crippen LogP contribution in [-0.4, -0.2) is 42.0 Å². The zero-order valence-corrected chi connectivity index (χ0v) is 15.7. The molecule has 4 rings (SSSR count). The van der Waals surface area contributed by atoms with Gasteiger partial charge in [0.05, 0.1) is 11.1 Å². The second-order valence-corrected chi connectivity index (χ2v) is 6.83. The maximum absolute atomic E-state index is 13.9. The normalized spacial score (nSPS) is 14.8. The SMILES string of the molecule is O=C(c1ccc(-c2ccccc2F)o1)N1CCN(c2ccc(C(F)(F)F)cn2)CC1. The van der Waals surface area contributed by atoms with Crippen molar-refractivity contribution in [1.29, 1.82) is 0 Å². The summed E-state index contributed by atoms with van der Waals surface area (Å²) in [7, 11) is 0. The Kier molecular flexibility index (Phi) is 5.19. The van der Waals surface area contributed by atoms with E-state index in [9.17, 15) is 22.4 Å². The minimum atomic E-state index is -4.43. The summed E-state index contributed by atoms with van der Waals surface area (Å²) < 4.78 is 57.5. The molecule has 5 nitrogen and oxygen atoms in total. The van der Waals surface area contributed by atoms with Gasteiger partial charge in [-0.2, -0.15) is 13.2 Å². The third-order valence-corrected chi connectivity index (χ3v) is 4.92.